The van der Waals surface area contributed by atoms with E-state index < -0.39 is 11.7 Å². The van der Waals surface area contributed by atoms with Crippen LogP contribution in [0.1, 0.15) is 19.4 Å². The van der Waals surface area contributed by atoms with Crippen molar-refractivity contribution in [1.29, 1.82) is 0 Å². The zero-order valence-electron chi connectivity index (χ0n) is 8.08. The van der Waals surface area contributed by atoms with Crippen LogP contribution in [-0.4, -0.2) is 6.09 Å². The summed E-state index contributed by atoms with van der Waals surface area (Å²) in [6.07, 6.45) is -0.796. The van der Waals surface area contributed by atoms with Crippen molar-refractivity contribution in [2.45, 2.75) is 19.4 Å². The molecule has 0 spiro atoms. The Morgan fingerprint density at radius 2 is 2.14 bits per heavy atom. The largest absolute Gasteiger partial charge is 0.439 e. The van der Waals surface area contributed by atoms with Crippen molar-refractivity contribution in [2.75, 3.05) is 0 Å². The number of hydrogen-bond acceptors (Lipinski definition) is 2. The summed E-state index contributed by atoms with van der Waals surface area (Å²) in [5.74, 6) is 0. The standard InChI is InChI=1S/C10H12ClNO2/c1-10(2,14-9(12)13)7-4-3-5-8(11)6-7/h3-6H,1-2H3,(H2,12,13). The van der Waals surface area contributed by atoms with Crippen LogP contribution in [0.3, 0.4) is 0 Å². The van der Waals surface area contributed by atoms with Crippen LogP contribution >= 0.6 is 11.6 Å². The number of benzene rings is 1. The summed E-state index contributed by atoms with van der Waals surface area (Å²) in [4.78, 5) is 10.6. The molecule has 0 fully saturated rings. The molecule has 0 bridgehead atoms. The molecular formula is C10H12ClNO2. The lowest BCUT2D eigenvalue weighted by molar-refractivity contribution is 0.0432. The molecule has 0 radical (unpaired) electrons. The molecule has 0 atom stereocenters. The molecule has 76 valence electrons. The van der Waals surface area contributed by atoms with Gasteiger partial charge in [-0.25, -0.2) is 4.79 Å². The predicted molar refractivity (Wildman–Crippen MR) is 55.1 cm³/mol. The van der Waals surface area contributed by atoms with Crippen LogP contribution in [0.5, 0.6) is 0 Å². The second-order valence-electron chi connectivity index (χ2n) is 3.44. The minimum Gasteiger partial charge on any atom is -0.439 e. The molecule has 0 saturated heterocycles. The zero-order chi connectivity index (χ0) is 10.8. The van der Waals surface area contributed by atoms with E-state index in [1.165, 1.54) is 0 Å². The fourth-order valence-electron chi connectivity index (χ4n) is 1.17. The summed E-state index contributed by atoms with van der Waals surface area (Å²) in [6.45, 7) is 3.51. The van der Waals surface area contributed by atoms with E-state index in [1.54, 1.807) is 32.0 Å². The Hall–Kier alpha value is -1.22. The number of rotatable bonds is 2. The highest BCUT2D eigenvalue weighted by Crippen LogP contribution is 2.26. The number of carbonyl (C=O) groups is 1. The van der Waals surface area contributed by atoms with Crippen molar-refractivity contribution in [3.05, 3.63) is 34.9 Å². The Balaban J connectivity index is 2.97. The Kier molecular flexibility index (Phi) is 3.01. The Morgan fingerprint density at radius 3 is 2.64 bits per heavy atom. The highest BCUT2D eigenvalue weighted by molar-refractivity contribution is 6.30. The molecule has 1 aromatic carbocycles. The molecule has 4 heteroatoms. The SMILES string of the molecule is CC(C)(OC(N)=O)c1cccc(Cl)c1. The lowest BCUT2D eigenvalue weighted by atomic mass is 9.98. The van der Waals surface area contributed by atoms with Gasteiger partial charge in [-0.1, -0.05) is 23.7 Å². The van der Waals surface area contributed by atoms with Gasteiger partial charge < -0.3 is 10.5 Å². The first-order valence-electron chi connectivity index (χ1n) is 4.16. The number of halogens is 1. The molecule has 2 N–H and O–H groups in total. The molecule has 0 heterocycles. The smallest absolute Gasteiger partial charge is 0.405 e. The summed E-state index contributed by atoms with van der Waals surface area (Å²) < 4.78 is 4.96. The van der Waals surface area contributed by atoms with Crippen LogP contribution in [0.2, 0.25) is 5.02 Å². The normalized spacial score (nSPS) is 11.1. The van der Waals surface area contributed by atoms with Crippen molar-refractivity contribution in [3.63, 3.8) is 0 Å². The maximum atomic E-state index is 10.6. The first-order chi connectivity index (χ1) is 6.42. The van der Waals surface area contributed by atoms with Gasteiger partial charge in [0.05, 0.1) is 0 Å². The van der Waals surface area contributed by atoms with Crippen molar-refractivity contribution >= 4 is 17.7 Å². The van der Waals surface area contributed by atoms with E-state index in [0.717, 1.165) is 5.56 Å². The average molecular weight is 214 g/mol. The van der Waals surface area contributed by atoms with Gasteiger partial charge in [0.15, 0.2) is 0 Å². The van der Waals surface area contributed by atoms with Gasteiger partial charge in [0.2, 0.25) is 0 Å². The molecule has 0 aliphatic carbocycles. The molecule has 0 aliphatic heterocycles. The number of amides is 1. The number of hydrogen-bond donors (Lipinski definition) is 1. The van der Waals surface area contributed by atoms with Crippen LogP contribution in [0.4, 0.5) is 4.79 Å². The third-order valence-corrected chi connectivity index (χ3v) is 2.11. The Labute approximate surface area is 87.8 Å². The highest BCUT2D eigenvalue weighted by Gasteiger charge is 2.24. The third kappa shape index (κ3) is 2.64. The summed E-state index contributed by atoms with van der Waals surface area (Å²) in [7, 11) is 0. The quantitative estimate of drug-likeness (QED) is 0.821. The lowest BCUT2D eigenvalue weighted by Crippen LogP contribution is -2.28. The molecule has 0 unspecified atom stereocenters. The molecule has 14 heavy (non-hydrogen) atoms. The van der Waals surface area contributed by atoms with Gasteiger partial charge in [-0.3, -0.25) is 0 Å². The van der Waals surface area contributed by atoms with Crippen molar-refractivity contribution < 1.29 is 9.53 Å². The van der Waals surface area contributed by atoms with Gasteiger partial charge >= 0.3 is 6.09 Å². The minimum absolute atomic E-state index is 0.601. The second-order valence-corrected chi connectivity index (χ2v) is 3.88. The fraction of sp³-hybridized carbons (Fsp3) is 0.300. The van der Waals surface area contributed by atoms with Gasteiger partial charge in [-0.15, -0.1) is 0 Å². The van der Waals surface area contributed by atoms with Crippen molar-refractivity contribution in [2.24, 2.45) is 5.73 Å². The first-order valence-corrected chi connectivity index (χ1v) is 4.54. The molecule has 0 aromatic heterocycles. The van der Waals surface area contributed by atoms with Crippen LogP contribution < -0.4 is 5.73 Å². The van der Waals surface area contributed by atoms with E-state index in [1.807, 2.05) is 6.07 Å². The molecule has 0 saturated carbocycles. The Bertz CT molecular complexity index is 350. The molecule has 1 aromatic rings. The number of primary amides is 1. The summed E-state index contributed by atoms with van der Waals surface area (Å²) >= 11 is 5.82. The zero-order valence-corrected chi connectivity index (χ0v) is 8.84. The van der Waals surface area contributed by atoms with Crippen molar-refractivity contribution in [3.8, 4) is 0 Å². The number of carbonyl (C=O) groups excluding carboxylic acids is 1. The van der Waals surface area contributed by atoms with Crippen LogP contribution in [0.15, 0.2) is 24.3 Å². The second kappa shape index (κ2) is 3.88. The number of ether oxygens (including phenoxy) is 1. The molecular weight excluding hydrogens is 202 g/mol. The fourth-order valence-corrected chi connectivity index (χ4v) is 1.36. The lowest BCUT2D eigenvalue weighted by Gasteiger charge is -2.24. The first kappa shape index (κ1) is 10.9. The predicted octanol–water partition coefficient (Wildman–Crippen LogP) is 2.67. The van der Waals surface area contributed by atoms with E-state index in [-0.39, 0.29) is 0 Å². The summed E-state index contributed by atoms with van der Waals surface area (Å²) in [5.41, 5.74) is 5.02. The molecule has 3 nitrogen and oxygen atoms in total. The highest BCUT2D eigenvalue weighted by atomic mass is 35.5. The summed E-state index contributed by atoms with van der Waals surface area (Å²) in [6, 6.07) is 7.12. The van der Waals surface area contributed by atoms with E-state index in [2.05, 4.69) is 0 Å². The van der Waals surface area contributed by atoms with Gasteiger partial charge in [-0.05, 0) is 31.5 Å². The van der Waals surface area contributed by atoms with Gasteiger partial charge in [0.25, 0.3) is 0 Å². The topological polar surface area (TPSA) is 52.3 Å². The average Bonchev–Trinajstić information content (AvgIpc) is 2.01. The molecule has 1 amide bonds. The van der Waals surface area contributed by atoms with Gasteiger partial charge in [0, 0.05) is 5.02 Å². The monoisotopic (exact) mass is 213 g/mol. The summed E-state index contributed by atoms with van der Waals surface area (Å²) in [5, 5.41) is 0.601. The van der Waals surface area contributed by atoms with E-state index in [0.29, 0.717) is 5.02 Å². The van der Waals surface area contributed by atoms with E-state index in [4.69, 9.17) is 22.1 Å². The Morgan fingerprint density at radius 1 is 1.50 bits per heavy atom. The minimum atomic E-state index is -0.796. The maximum Gasteiger partial charge on any atom is 0.405 e. The van der Waals surface area contributed by atoms with E-state index >= 15 is 0 Å². The molecule has 0 aliphatic rings. The number of nitrogens with two attached hydrogens (primary N) is 1. The van der Waals surface area contributed by atoms with Crippen LogP contribution in [0.25, 0.3) is 0 Å². The van der Waals surface area contributed by atoms with Gasteiger partial charge in [-0.2, -0.15) is 0 Å². The van der Waals surface area contributed by atoms with Crippen LogP contribution in [0, 0.1) is 0 Å². The molecule has 1 rings (SSSR count). The van der Waals surface area contributed by atoms with Gasteiger partial charge in [0.1, 0.15) is 5.60 Å². The van der Waals surface area contributed by atoms with E-state index in [9.17, 15) is 4.79 Å². The van der Waals surface area contributed by atoms with Crippen molar-refractivity contribution in [1.82, 2.24) is 0 Å². The van der Waals surface area contributed by atoms with Crippen LogP contribution in [-0.2, 0) is 10.3 Å². The third-order valence-electron chi connectivity index (χ3n) is 1.88. The maximum absolute atomic E-state index is 10.6.